The molecule has 1 atom stereocenters. The summed E-state index contributed by atoms with van der Waals surface area (Å²) in [6.45, 7) is 1.79. The second kappa shape index (κ2) is 6.21. The molecule has 0 aliphatic carbocycles. The van der Waals surface area contributed by atoms with Crippen LogP contribution in [0, 0.1) is 0 Å². The van der Waals surface area contributed by atoms with Gasteiger partial charge in [0, 0.05) is 13.2 Å². The van der Waals surface area contributed by atoms with Crippen molar-refractivity contribution in [1.29, 1.82) is 0 Å². The molecule has 1 fully saturated rings. The lowest BCUT2D eigenvalue weighted by molar-refractivity contribution is 0.0134. The van der Waals surface area contributed by atoms with Crippen molar-refractivity contribution >= 4 is 27.4 Å². The Morgan fingerprint density at radius 2 is 2.41 bits per heavy atom. The van der Waals surface area contributed by atoms with E-state index in [0.29, 0.717) is 11.8 Å². The molecule has 4 nitrogen and oxygen atoms in total. The van der Waals surface area contributed by atoms with Gasteiger partial charge in [0.05, 0.1) is 22.5 Å². The van der Waals surface area contributed by atoms with Gasteiger partial charge in [-0.15, -0.1) is 0 Å². The molecule has 0 radical (unpaired) electrons. The molecule has 0 saturated carbocycles. The van der Waals surface area contributed by atoms with Gasteiger partial charge in [0.25, 0.3) is 0 Å². The van der Waals surface area contributed by atoms with Gasteiger partial charge in [-0.25, -0.2) is 4.98 Å². The van der Waals surface area contributed by atoms with Crippen molar-refractivity contribution in [2.75, 3.05) is 24.2 Å². The highest BCUT2D eigenvalue weighted by Gasteiger charge is 2.13. The predicted octanol–water partition coefficient (Wildman–Crippen LogP) is 2.80. The number of hydrogen-bond acceptors (Lipinski definition) is 4. The maximum absolute atomic E-state index is 5.67. The van der Waals surface area contributed by atoms with E-state index in [2.05, 4.69) is 26.2 Å². The minimum absolute atomic E-state index is 0.406. The molecule has 0 spiro atoms. The highest BCUT2D eigenvalue weighted by molar-refractivity contribution is 9.10. The van der Waals surface area contributed by atoms with Crippen LogP contribution in [0.5, 0.6) is 0 Å². The summed E-state index contributed by atoms with van der Waals surface area (Å²) in [4.78, 5) is 4.24. The van der Waals surface area contributed by atoms with E-state index in [-0.39, 0.29) is 0 Å². The van der Waals surface area contributed by atoms with Gasteiger partial charge in [0.2, 0.25) is 0 Å². The third-order valence-electron chi connectivity index (χ3n) is 2.90. The number of nitrogens with one attached hydrogen (secondary N) is 1. The lowest BCUT2D eigenvalue weighted by Crippen LogP contribution is -2.22. The van der Waals surface area contributed by atoms with Crippen LogP contribution in [0.3, 0.4) is 0 Å². The average Bonchev–Trinajstić information content (AvgIpc) is 2.33. The first kappa shape index (κ1) is 12.6. The third kappa shape index (κ3) is 3.85. The normalized spacial score (nSPS) is 20.2. The number of anilines is 2. The minimum atomic E-state index is 0.406. The Hall–Kier alpha value is -0.810. The Balaban J connectivity index is 1.77. The Kier molecular flexibility index (Phi) is 4.62. The fraction of sp³-hybridized carbons (Fsp3) is 0.583. The van der Waals surface area contributed by atoms with Gasteiger partial charge in [0.1, 0.15) is 5.82 Å². The van der Waals surface area contributed by atoms with Gasteiger partial charge >= 0.3 is 0 Å². The molecule has 0 amide bonds. The van der Waals surface area contributed by atoms with Crippen LogP contribution in [0.1, 0.15) is 25.7 Å². The van der Waals surface area contributed by atoms with Crippen LogP contribution in [0.15, 0.2) is 16.7 Å². The number of pyridine rings is 1. The molecular formula is C12H18BrN3O. The highest BCUT2D eigenvalue weighted by Crippen LogP contribution is 2.22. The van der Waals surface area contributed by atoms with E-state index in [9.17, 15) is 0 Å². The monoisotopic (exact) mass is 299 g/mol. The van der Waals surface area contributed by atoms with Gasteiger partial charge < -0.3 is 15.8 Å². The fourth-order valence-electron chi connectivity index (χ4n) is 1.97. The number of rotatable bonds is 4. The molecule has 17 heavy (non-hydrogen) atoms. The van der Waals surface area contributed by atoms with Gasteiger partial charge in [-0.05, 0) is 47.7 Å². The Morgan fingerprint density at radius 3 is 3.12 bits per heavy atom. The summed E-state index contributed by atoms with van der Waals surface area (Å²) in [5.74, 6) is 0.843. The first-order valence-electron chi connectivity index (χ1n) is 6.02. The lowest BCUT2D eigenvalue weighted by Gasteiger charge is -2.22. The number of ether oxygens (including phenoxy) is 1. The largest absolute Gasteiger partial charge is 0.397 e. The maximum Gasteiger partial charge on any atom is 0.140 e. The van der Waals surface area contributed by atoms with Crippen LogP contribution in [0.25, 0.3) is 0 Å². The van der Waals surface area contributed by atoms with E-state index in [0.717, 1.165) is 29.9 Å². The summed E-state index contributed by atoms with van der Waals surface area (Å²) in [7, 11) is 0. The van der Waals surface area contributed by atoms with Crippen molar-refractivity contribution in [2.24, 2.45) is 0 Å². The molecule has 1 unspecified atom stereocenters. The van der Waals surface area contributed by atoms with E-state index in [1.165, 1.54) is 19.3 Å². The number of aromatic nitrogens is 1. The number of nitrogens with two attached hydrogens (primary N) is 1. The maximum atomic E-state index is 5.67. The number of halogens is 1. The molecule has 1 aliphatic heterocycles. The van der Waals surface area contributed by atoms with Crippen LogP contribution >= 0.6 is 15.9 Å². The zero-order valence-electron chi connectivity index (χ0n) is 9.79. The first-order chi connectivity index (χ1) is 8.25. The minimum Gasteiger partial charge on any atom is -0.397 e. The van der Waals surface area contributed by atoms with Crippen molar-refractivity contribution < 1.29 is 4.74 Å². The quantitative estimate of drug-likeness (QED) is 0.897. The van der Waals surface area contributed by atoms with Gasteiger partial charge in [-0.1, -0.05) is 0 Å². The van der Waals surface area contributed by atoms with E-state index in [1.54, 1.807) is 6.20 Å². The van der Waals surface area contributed by atoms with Crippen molar-refractivity contribution in [1.82, 2.24) is 4.98 Å². The van der Waals surface area contributed by atoms with E-state index in [1.807, 2.05) is 6.07 Å². The average molecular weight is 300 g/mol. The number of nitrogens with zero attached hydrogens (tertiary/aromatic N) is 1. The van der Waals surface area contributed by atoms with Gasteiger partial charge in [0.15, 0.2) is 0 Å². The molecule has 5 heteroatoms. The third-order valence-corrected chi connectivity index (χ3v) is 3.50. The lowest BCUT2D eigenvalue weighted by atomic mass is 10.1. The Bertz CT molecular complexity index is 367. The molecule has 1 aliphatic rings. The van der Waals surface area contributed by atoms with Crippen molar-refractivity contribution in [2.45, 2.75) is 31.8 Å². The number of hydrogen-bond donors (Lipinski definition) is 2. The van der Waals surface area contributed by atoms with Crippen LogP contribution in [-0.4, -0.2) is 24.2 Å². The van der Waals surface area contributed by atoms with E-state index < -0.39 is 0 Å². The van der Waals surface area contributed by atoms with Crippen molar-refractivity contribution in [3.05, 3.63) is 16.7 Å². The summed E-state index contributed by atoms with van der Waals surface area (Å²) in [5, 5.41) is 3.29. The summed E-state index contributed by atoms with van der Waals surface area (Å²) >= 11 is 3.44. The van der Waals surface area contributed by atoms with Gasteiger partial charge in [-0.3, -0.25) is 0 Å². The van der Waals surface area contributed by atoms with Crippen LogP contribution in [-0.2, 0) is 4.74 Å². The highest BCUT2D eigenvalue weighted by atomic mass is 79.9. The van der Waals surface area contributed by atoms with E-state index in [4.69, 9.17) is 10.5 Å². The van der Waals surface area contributed by atoms with Gasteiger partial charge in [-0.2, -0.15) is 0 Å². The molecule has 1 aromatic heterocycles. The molecule has 2 heterocycles. The number of nitrogen functional groups attached to an aromatic ring is 1. The van der Waals surface area contributed by atoms with Crippen molar-refractivity contribution in [3.8, 4) is 0 Å². The summed E-state index contributed by atoms with van der Waals surface area (Å²) in [5.41, 5.74) is 6.30. The SMILES string of the molecule is Nc1cnc(NCCC2CCCCO2)c(Br)c1. The summed E-state index contributed by atoms with van der Waals surface area (Å²) in [6, 6.07) is 1.85. The van der Waals surface area contributed by atoms with E-state index >= 15 is 0 Å². The van der Waals surface area contributed by atoms with Crippen LogP contribution in [0.2, 0.25) is 0 Å². The van der Waals surface area contributed by atoms with Crippen molar-refractivity contribution in [3.63, 3.8) is 0 Å². The predicted molar refractivity (Wildman–Crippen MR) is 73.0 cm³/mol. The molecule has 3 N–H and O–H groups in total. The first-order valence-corrected chi connectivity index (χ1v) is 6.81. The van der Waals surface area contributed by atoms with Crippen LogP contribution in [0.4, 0.5) is 11.5 Å². The topological polar surface area (TPSA) is 60.2 Å². The Morgan fingerprint density at radius 1 is 1.53 bits per heavy atom. The zero-order valence-corrected chi connectivity index (χ0v) is 11.4. The second-order valence-electron chi connectivity index (χ2n) is 4.30. The standard InChI is InChI=1S/C12H18BrN3O/c13-11-7-9(14)8-16-12(11)15-5-4-10-3-1-2-6-17-10/h7-8,10H,1-6,14H2,(H,15,16). The molecular weight excluding hydrogens is 282 g/mol. The summed E-state index contributed by atoms with van der Waals surface area (Å²) < 4.78 is 6.58. The molecule has 1 saturated heterocycles. The molecule has 0 bridgehead atoms. The zero-order chi connectivity index (χ0) is 12.1. The summed E-state index contributed by atoms with van der Waals surface area (Å²) in [6.07, 6.45) is 6.76. The molecule has 2 rings (SSSR count). The molecule has 0 aromatic carbocycles. The second-order valence-corrected chi connectivity index (χ2v) is 5.16. The Labute approximate surface area is 110 Å². The molecule has 1 aromatic rings. The fourth-order valence-corrected chi connectivity index (χ4v) is 2.48. The smallest absolute Gasteiger partial charge is 0.140 e. The van der Waals surface area contributed by atoms with Crippen LogP contribution < -0.4 is 11.1 Å². The molecule has 94 valence electrons.